The molecule has 6 nitrogen and oxygen atoms in total. The number of nitrogen functional groups attached to an aromatic ring is 1. The van der Waals surface area contributed by atoms with E-state index in [1.165, 1.54) is 11.3 Å². The molecule has 108 valence electrons. The van der Waals surface area contributed by atoms with E-state index in [4.69, 9.17) is 5.73 Å². The number of amides is 1. The number of hydrogen-bond acceptors (Lipinski definition) is 6. The maximum Gasteiger partial charge on any atom is 0.265 e. The SMILES string of the molecule is CCN(CC)CCNC(=O)c1sc(N(C)C)nc1N. The van der Waals surface area contributed by atoms with Gasteiger partial charge >= 0.3 is 0 Å². The average molecular weight is 285 g/mol. The lowest BCUT2D eigenvalue weighted by atomic mass is 10.4. The van der Waals surface area contributed by atoms with Gasteiger partial charge in [-0.15, -0.1) is 0 Å². The normalized spacial score (nSPS) is 10.8. The van der Waals surface area contributed by atoms with E-state index >= 15 is 0 Å². The highest BCUT2D eigenvalue weighted by atomic mass is 32.1. The Morgan fingerprint density at radius 3 is 2.47 bits per heavy atom. The summed E-state index contributed by atoms with van der Waals surface area (Å²) in [5.74, 6) is 0.157. The fourth-order valence-electron chi connectivity index (χ4n) is 1.62. The van der Waals surface area contributed by atoms with Crippen molar-refractivity contribution in [1.82, 2.24) is 15.2 Å². The van der Waals surface area contributed by atoms with Gasteiger partial charge in [0.1, 0.15) is 10.7 Å². The molecule has 0 atom stereocenters. The third-order valence-corrected chi connectivity index (χ3v) is 4.08. The van der Waals surface area contributed by atoms with Crippen LogP contribution >= 0.6 is 11.3 Å². The third-order valence-electron chi connectivity index (χ3n) is 2.84. The van der Waals surface area contributed by atoms with Crippen LogP contribution in [0.3, 0.4) is 0 Å². The summed E-state index contributed by atoms with van der Waals surface area (Å²) in [5, 5.41) is 3.62. The van der Waals surface area contributed by atoms with Crippen molar-refractivity contribution in [2.75, 3.05) is 50.9 Å². The van der Waals surface area contributed by atoms with Gasteiger partial charge in [-0.25, -0.2) is 4.98 Å². The van der Waals surface area contributed by atoms with Crippen LogP contribution in [0.5, 0.6) is 0 Å². The van der Waals surface area contributed by atoms with Gasteiger partial charge in [-0.1, -0.05) is 25.2 Å². The van der Waals surface area contributed by atoms with E-state index in [2.05, 4.69) is 29.0 Å². The first-order valence-electron chi connectivity index (χ1n) is 6.43. The second kappa shape index (κ2) is 7.30. The van der Waals surface area contributed by atoms with Crippen LogP contribution < -0.4 is 16.0 Å². The van der Waals surface area contributed by atoms with Gasteiger partial charge in [0.25, 0.3) is 5.91 Å². The van der Waals surface area contributed by atoms with Gasteiger partial charge < -0.3 is 20.9 Å². The highest BCUT2D eigenvalue weighted by Gasteiger charge is 2.16. The van der Waals surface area contributed by atoms with Gasteiger partial charge in [0.05, 0.1) is 0 Å². The first kappa shape index (κ1) is 15.7. The monoisotopic (exact) mass is 285 g/mol. The molecule has 0 radical (unpaired) electrons. The standard InChI is InChI=1S/C12H23N5OS/c1-5-17(6-2)8-7-14-11(18)9-10(13)15-12(19-9)16(3)4/h5-8,13H2,1-4H3,(H,14,18). The number of nitrogens with two attached hydrogens (primary N) is 1. The molecule has 0 aliphatic rings. The zero-order valence-electron chi connectivity index (χ0n) is 12.1. The molecule has 3 N–H and O–H groups in total. The van der Waals surface area contributed by atoms with Crippen LogP contribution in [-0.4, -0.2) is 56.1 Å². The largest absolute Gasteiger partial charge is 0.382 e. The lowest BCUT2D eigenvalue weighted by molar-refractivity contribution is 0.0953. The predicted octanol–water partition coefficient (Wildman–Crippen LogP) is 0.863. The van der Waals surface area contributed by atoms with E-state index in [1.807, 2.05) is 19.0 Å². The average Bonchev–Trinajstić information content (AvgIpc) is 2.77. The molecule has 1 rings (SSSR count). The van der Waals surface area contributed by atoms with Crippen molar-refractivity contribution in [3.05, 3.63) is 4.88 Å². The second-order valence-electron chi connectivity index (χ2n) is 4.39. The number of likely N-dealkylation sites (N-methyl/N-ethyl adjacent to an activating group) is 1. The van der Waals surface area contributed by atoms with E-state index in [1.54, 1.807) is 0 Å². The third kappa shape index (κ3) is 4.36. The van der Waals surface area contributed by atoms with E-state index in [9.17, 15) is 4.79 Å². The molecule has 1 amide bonds. The van der Waals surface area contributed by atoms with Crippen molar-refractivity contribution in [1.29, 1.82) is 0 Å². The quantitative estimate of drug-likeness (QED) is 0.777. The Labute approximate surface area is 118 Å². The second-order valence-corrected chi connectivity index (χ2v) is 5.37. The molecule has 0 spiro atoms. The summed E-state index contributed by atoms with van der Waals surface area (Å²) in [6, 6.07) is 0. The van der Waals surface area contributed by atoms with Crippen molar-refractivity contribution in [3.63, 3.8) is 0 Å². The van der Waals surface area contributed by atoms with E-state index in [-0.39, 0.29) is 5.91 Å². The van der Waals surface area contributed by atoms with Gasteiger partial charge in [-0.3, -0.25) is 4.79 Å². The minimum Gasteiger partial charge on any atom is -0.382 e. The van der Waals surface area contributed by atoms with Crippen molar-refractivity contribution in [2.45, 2.75) is 13.8 Å². The van der Waals surface area contributed by atoms with Crippen molar-refractivity contribution in [3.8, 4) is 0 Å². The summed E-state index contributed by atoms with van der Waals surface area (Å²) >= 11 is 1.31. The van der Waals surface area contributed by atoms with Crippen molar-refractivity contribution >= 4 is 28.2 Å². The number of hydrogen-bond donors (Lipinski definition) is 2. The van der Waals surface area contributed by atoms with Gasteiger partial charge in [0.15, 0.2) is 5.13 Å². The fraction of sp³-hybridized carbons (Fsp3) is 0.667. The number of thiazole rings is 1. The Balaban J connectivity index is 2.54. The maximum absolute atomic E-state index is 12.0. The number of nitrogens with zero attached hydrogens (tertiary/aromatic N) is 3. The number of aromatic nitrogens is 1. The van der Waals surface area contributed by atoms with Gasteiger partial charge in [0, 0.05) is 27.2 Å². The Kier molecular flexibility index (Phi) is 6.04. The Hall–Kier alpha value is -1.34. The summed E-state index contributed by atoms with van der Waals surface area (Å²) in [6.07, 6.45) is 0. The highest BCUT2D eigenvalue weighted by Crippen LogP contribution is 2.26. The Bertz CT molecular complexity index is 414. The van der Waals surface area contributed by atoms with Gasteiger partial charge in [-0.05, 0) is 13.1 Å². The molecule has 1 aromatic rings. The van der Waals surface area contributed by atoms with Gasteiger partial charge in [0.2, 0.25) is 0 Å². The Morgan fingerprint density at radius 2 is 2.00 bits per heavy atom. The van der Waals surface area contributed by atoms with Crippen LogP contribution in [0.25, 0.3) is 0 Å². The van der Waals surface area contributed by atoms with Crippen LogP contribution in [-0.2, 0) is 0 Å². The number of carbonyl (C=O) groups excluding carboxylic acids is 1. The van der Waals surface area contributed by atoms with Crippen LogP contribution in [0.2, 0.25) is 0 Å². The van der Waals surface area contributed by atoms with E-state index in [0.717, 1.165) is 24.8 Å². The molecule has 0 aliphatic carbocycles. The molecule has 7 heteroatoms. The predicted molar refractivity (Wildman–Crippen MR) is 81.0 cm³/mol. The first-order chi connectivity index (χ1) is 8.99. The van der Waals surface area contributed by atoms with Crippen LogP contribution in [0, 0.1) is 0 Å². The minimum absolute atomic E-state index is 0.143. The van der Waals surface area contributed by atoms with Crippen LogP contribution in [0.1, 0.15) is 23.5 Å². The van der Waals surface area contributed by atoms with E-state index in [0.29, 0.717) is 17.2 Å². The molecule has 1 aromatic heterocycles. The lowest BCUT2D eigenvalue weighted by Crippen LogP contribution is -2.34. The summed E-state index contributed by atoms with van der Waals surface area (Å²) in [7, 11) is 3.75. The molecule has 0 saturated carbocycles. The zero-order valence-corrected chi connectivity index (χ0v) is 12.9. The van der Waals surface area contributed by atoms with Crippen LogP contribution in [0.4, 0.5) is 10.9 Å². The minimum atomic E-state index is -0.143. The summed E-state index contributed by atoms with van der Waals surface area (Å²) < 4.78 is 0. The zero-order chi connectivity index (χ0) is 14.4. The number of anilines is 2. The molecule has 0 aliphatic heterocycles. The summed E-state index contributed by atoms with van der Waals surface area (Å²) in [6.45, 7) is 7.65. The topological polar surface area (TPSA) is 74.5 Å². The maximum atomic E-state index is 12.0. The molecule has 0 fully saturated rings. The van der Waals surface area contributed by atoms with Gasteiger partial charge in [-0.2, -0.15) is 0 Å². The molecule has 19 heavy (non-hydrogen) atoms. The smallest absolute Gasteiger partial charge is 0.265 e. The van der Waals surface area contributed by atoms with Crippen molar-refractivity contribution < 1.29 is 4.79 Å². The summed E-state index contributed by atoms with van der Waals surface area (Å²) in [4.78, 5) is 20.7. The lowest BCUT2D eigenvalue weighted by Gasteiger charge is -2.17. The molecular weight excluding hydrogens is 262 g/mol. The molecule has 0 saturated heterocycles. The molecule has 1 heterocycles. The Morgan fingerprint density at radius 1 is 1.37 bits per heavy atom. The molecule has 0 unspecified atom stereocenters. The van der Waals surface area contributed by atoms with Crippen LogP contribution in [0.15, 0.2) is 0 Å². The number of carbonyl (C=O) groups is 1. The number of nitrogens with one attached hydrogen (secondary N) is 1. The highest BCUT2D eigenvalue weighted by molar-refractivity contribution is 7.18. The van der Waals surface area contributed by atoms with Crippen molar-refractivity contribution in [2.24, 2.45) is 0 Å². The first-order valence-corrected chi connectivity index (χ1v) is 7.25. The summed E-state index contributed by atoms with van der Waals surface area (Å²) in [5.41, 5.74) is 5.77. The molecular formula is C12H23N5OS. The van der Waals surface area contributed by atoms with E-state index < -0.39 is 0 Å². The fourth-order valence-corrected chi connectivity index (χ4v) is 2.45. The number of rotatable bonds is 7. The molecule has 0 aromatic carbocycles. The molecule has 0 bridgehead atoms.